The van der Waals surface area contributed by atoms with Crippen molar-refractivity contribution in [3.8, 4) is 0 Å². The van der Waals surface area contributed by atoms with E-state index in [4.69, 9.17) is 0 Å². The zero-order chi connectivity index (χ0) is 13.9. The van der Waals surface area contributed by atoms with Crippen molar-refractivity contribution in [2.75, 3.05) is 26.0 Å². The van der Waals surface area contributed by atoms with Gasteiger partial charge in [-0.05, 0) is 6.07 Å². The Morgan fingerprint density at radius 3 is 2.50 bits per heavy atom. The highest BCUT2D eigenvalue weighted by molar-refractivity contribution is 7.89. The predicted octanol–water partition coefficient (Wildman–Crippen LogP) is 1.28. The number of nitro benzene ring substituents is 1. The molecule has 1 rings (SSSR count). The maximum atomic E-state index is 12.1. The third kappa shape index (κ3) is 2.59. The first kappa shape index (κ1) is 14.4. The van der Waals surface area contributed by atoms with Crippen LogP contribution in [0.25, 0.3) is 0 Å². The zero-order valence-electron chi connectivity index (χ0n) is 10.4. The van der Waals surface area contributed by atoms with Crippen molar-refractivity contribution in [3.63, 3.8) is 0 Å². The lowest BCUT2D eigenvalue weighted by Crippen LogP contribution is -2.27. The van der Waals surface area contributed by atoms with E-state index in [0.29, 0.717) is 6.54 Å². The van der Waals surface area contributed by atoms with Crippen LogP contribution in [0.3, 0.4) is 0 Å². The van der Waals surface area contributed by atoms with E-state index < -0.39 is 14.9 Å². The van der Waals surface area contributed by atoms with E-state index in [9.17, 15) is 18.5 Å². The zero-order valence-corrected chi connectivity index (χ0v) is 11.2. The molecule has 0 aliphatic carbocycles. The summed E-state index contributed by atoms with van der Waals surface area (Å²) in [5, 5.41) is 13.3. The van der Waals surface area contributed by atoms with E-state index in [1.54, 1.807) is 6.92 Å². The van der Waals surface area contributed by atoms with Crippen molar-refractivity contribution in [1.29, 1.82) is 0 Å². The molecule has 0 unspecified atom stereocenters. The van der Waals surface area contributed by atoms with Gasteiger partial charge in [0, 0.05) is 32.8 Å². The van der Waals surface area contributed by atoms with Crippen LogP contribution in [0, 0.1) is 10.1 Å². The number of non-ortho nitro benzene ring substituents is 1. The van der Waals surface area contributed by atoms with Crippen LogP contribution in [0.2, 0.25) is 0 Å². The largest absolute Gasteiger partial charge is 0.387 e. The summed E-state index contributed by atoms with van der Waals surface area (Å²) in [5.41, 5.74) is 0.0574. The van der Waals surface area contributed by atoms with Crippen LogP contribution < -0.4 is 5.32 Å². The topological polar surface area (TPSA) is 92.5 Å². The van der Waals surface area contributed by atoms with Crippen molar-refractivity contribution >= 4 is 21.4 Å². The molecule has 0 atom stereocenters. The fourth-order valence-electron chi connectivity index (χ4n) is 1.39. The number of nitro groups is 1. The number of anilines is 1. The first-order valence-electron chi connectivity index (χ1n) is 5.27. The van der Waals surface area contributed by atoms with Gasteiger partial charge in [-0.3, -0.25) is 10.1 Å². The summed E-state index contributed by atoms with van der Waals surface area (Å²) in [4.78, 5) is 10.1. The molecule has 7 nitrogen and oxygen atoms in total. The molecule has 0 aliphatic heterocycles. The quantitative estimate of drug-likeness (QED) is 0.644. The Kier molecular flexibility index (Phi) is 4.25. The monoisotopic (exact) mass is 273 g/mol. The number of hydrogen-bond acceptors (Lipinski definition) is 5. The Labute approximate surface area is 106 Å². The van der Waals surface area contributed by atoms with Crippen LogP contribution in [0.5, 0.6) is 0 Å². The molecule has 0 radical (unpaired) electrons. The second kappa shape index (κ2) is 5.32. The fraction of sp³-hybridized carbons (Fsp3) is 0.400. The normalized spacial score (nSPS) is 11.6. The molecule has 0 aliphatic rings. The van der Waals surface area contributed by atoms with Gasteiger partial charge in [-0.2, -0.15) is 0 Å². The van der Waals surface area contributed by atoms with Gasteiger partial charge < -0.3 is 5.32 Å². The smallest absolute Gasteiger partial charge is 0.271 e. The van der Waals surface area contributed by atoms with Gasteiger partial charge in [0.1, 0.15) is 4.90 Å². The van der Waals surface area contributed by atoms with E-state index in [-0.39, 0.29) is 16.3 Å². The van der Waals surface area contributed by atoms with Crippen molar-refractivity contribution in [3.05, 3.63) is 28.3 Å². The van der Waals surface area contributed by atoms with Gasteiger partial charge >= 0.3 is 0 Å². The summed E-state index contributed by atoms with van der Waals surface area (Å²) in [5.74, 6) is 0. The first-order valence-corrected chi connectivity index (χ1v) is 6.71. The molecule has 1 aromatic rings. The molecule has 18 heavy (non-hydrogen) atoms. The first-order chi connectivity index (χ1) is 8.34. The fourth-order valence-corrected chi connectivity index (χ4v) is 2.74. The summed E-state index contributed by atoms with van der Waals surface area (Å²) in [6.07, 6.45) is 0. The number of hydrogen-bond donors (Lipinski definition) is 1. The van der Waals surface area contributed by atoms with E-state index >= 15 is 0 Å². The van der Waals surface area contributed by atoms with Crippen LogP contribution in [0.15, 0.2) is 23.1 Å². The Balaban J connectivity index is 3.39. The number of benzene rings is 1. The van der Waals surface area contributed by atoms with Crippen molar-refractivity contribution in [1.82, 2.24) is 4.31 Å². The summed E-state index contributed by atoms with van der Waals surface area (Å²) in [6, 6.07) is 3.62. The lowest BCUT2D eigenvalue weighted by atomic mass is 10.3. The second-order valence-corrected chi connectivity index (χ2v) is 5.62. The summed E-state index contributed by atoms with van der Waals surface area (Å²) in [6.45, 7) is 2.03. The standard InChI is InChI=1S/C10H15N3O4S/c1-4-12(3)18(16,17)10-6-5-8(13(14)15)7-9(10)11-2/h5-7,11H,4H2,1-3H3. The Hall–Kier alpha value is -1.67. The summed E-state index contributed by atoms with van der Waals surface area (Å²) >= 11 is 0. The van der Waals surface area contributed by atoms with Crippen LogP contribution in [0.1, 0.15) is 6.92 Å². The van der Waals surface area contributed by atoms with Gasteiger partial charge in [0.25, 0.3) is 5.69 Å². The average Bonchev–Trinajstić information content (AvgIpc) is 2.36. The molecule has 0 fully saturated rings. The van der Waals surface area contributed by atoms with Crippen molar-refractivity contribution in [2.45, 2.75) is 11.8 Å². The number of sulfonamides is 1. The molecule has 0 saturated heterocycles. The third-order valence-electron chi connectivity index (χ3n) is 2.58. The number of rotatable bonds is 5. The minimum absolute atomic E-state index is 0.0277. The third-order valence-corrected chi connectivity index (χ3v) is 4.57. The van der Waals surface area contributed by atoms with Crippen LogP contribution in [0.4, 0.5) is 11.4 Å². The molecule has 1 aromatic carbocycles. The van der Waals surface area contributed by atoms with E-state index in [2.05, 4.69) is 5.32 Å². The molecule has 0 aromatic heterocycles. The molecule has 8 heteroatoms. The Bertz CT molecular complexity index is 556. The summed E-state index contributed by atoms with van der Waals surface area (Å²) in [7, 11) is -0.654. The van der Waals surface area contributed by atoms with Gasteiger partial charge in [0.2, 0.25) is 10.0 Å². The van der Waals surface area contributed by atoms with Gasteiger partial charge in [0.05, 0.1) is 10.6 Å². The Morgan fingerprint density at radius 2 is 2.06 bits per heavy atom. The average molecular weight is 273 g/mol. The van der Waals surface area contributed by atoms with E-state index in [0.717, 1.165) is 0 Å². The number of nitrogens with zero attached hydrogens (tertiary/aromatic N) is 2. The van der Waals surface area contributed by atoms with Gasteiger partial charge in [-0.15, -0.1) is 0 Å². The molecular weight excluding hydrogens is 258 g/mol. The maximum Gasteiger partial charge on any atom is 0.271 e. The predicted molar refractivity (Wildman–Crippen MR) is 68.1 cm³/mol. The van der Waals surface area contributed by atoms with E-state index in [1.807, 2.05) is 0 Å². The van der Waals surface area contributed by atoms with Gasteiger partial charge in [0.15, 0.2) is 0 Å². The summed E-state index contributed by atoms with van der Waals surface area (Å²) < 4.78 is 25.5. The molecular formula is C10H15N3O4S. The highest BCUT2D eigenvalue weighted by Gasteiger charge is 2.24. The van der Waals surface area contributed by atoms with E-state index in [1.165, 1.54) is 36.6 Å². The highest BCUT2D eigenvalue weighted by atomic mass is 32.2. The molecule has 1 N–H and O–H groups in total. The lowest BCUT2D eigenvalue weighted by Gasteiger charge is -2.17. The Morgan fingerprint density at radius 1 is 1.44 bits per heavy atom. The maximum absolute atomic E-state index is 12.1. The second-order valence-electron chi connectivity index (χ2n) is 3.61. The minimum atomic E-state index is -3.63. The molecule has 100 valence electrons. The van der Waals surface area contributed by atoms with Crippen LogP contribution >= 0.6 is 0 Å². The van der Waals surface area contributed by atoms with Crippen molar-refractivity contribution < 1.29 is 13.3 Å². The van der Waals surface area contributed by atoms with Crippen molar-refractivity contribution in [2.24, 2.45) is 0 Å². The SMILES string of the molecule is CCN(C)S(=O)(=O)c1ccc([N+](=O)[O-])cc1NC. The lowest BCUT2D eigenvalue weighted by molar-refractivity contribution is -0.384. The molecule has 0 bridgehead atoms. The molecule has 0 heterocycles. The highest BCUT2D eigenvalue weighted by Crippen LogP contribution is 2.27. The van der Waals surface area contributed by atoms with Gasteiger partial charge in [-0.1, -0.05) is 6.92 Å². The van der Waals surface area contributed by atoms with Gasteiger partial charge in [-0.25, -0.2) is 12.7 Å². The molecule has 0 saturated carbocycles. The number of nitrogens with one attached hydrogen (secondary N) is 1. The molecule has 0 amide bonds. The van der Waals surface area contributed by atoms with Crippen LogP contribution in [-0.2, 0) is 10.0 Å². The minimum Gasteiger partial charge on any atom is -0.387 e. The van der Waals surface area contributed by atoms with Crippen LogP contribution in [-0.4, -0.2) is 38.3 Å². The molecule has 0 spiro atoms.